The van der Waals surface area contributed by atoms with Crippen molar-refractivity contribution in [2.75, 3.05) is 6.61 Å². The summed E-state index contributed by atoms with van der Waals surface area (Å²) < 4.78 is 5.34. The van der Waals surface area contributed by atoms with Crippen molar-refractivity contribution in [3.05, 3.63) is 119 Å². The van der Waals surface area contributed by atoms with E-state index in [0.717, 1.165) is 16.7 Å². The average molecular weight is 565 g/mol. The maximum Gasteiger partial charge on any atom is 0.334 e. The summed E-state index contributed by atoms with van der Waals surface area (Å²) in [6, 6.07) is 25.5. The number of benzene rings is 3. The van der Waals surface area contributed by atoms with Gasteiger partial charge in [-0.05, 0) is 36.5 Å². The molecule has 3 aliphatic heterocycles. The number of imide groups is 1. The number of esters is 1. The van der Waals surface area contributed by atoms with E-state index in [1.165, 1.54) is 14.7 Å². The van der Waals surface area contributed by atoms with Crippen LogP contribution in [0.4, 0.5) is 9.59 Å². The van der Waals surface area contributed by atoms with Crippen LogP contribution in [0.15, 0.2) is 103 Å². The maximum absolute atomic E-state index is 14.3. The molecule has 3 heterocycles. The van der Waals surface area contributed by atoms with Gasteiger partial charge in [-0.1, -0.05) is 91.0 Å². The number of rotatable bonds is 8. The molecule has 2 atom stereocenters. The van der Waals surface area contributed by atoms with Gasteiger partial charge in [0.05, 0.1) is 25.4 Å². The van der Waals surface area contributed by atoms with Gasteiger partial charge in [0.25, 0.3) is 5.91 Å². The Morgan fingerprint density at radius 2 is 1.29 bits per heavy atom. The molecule has 0 N–H and O–H groups in total. The summed E-state index contributed by atoms with van der Waals surface area (Å²) in [7, 11) is 0. The fraction of sp³-hybridized carbons (Fsp3) is 0.273. The minimum atomic E-state index is -0.960. The Balaban J connectivity index is 1.50. The highest BCUT2D eigenvalue weighted by atomic mass is 16.5. The molecule has 3 aliphatic rings. The van der Waals surface area contributed by atoms with Gasteiger partial charge in [-0.2, -0.15) is 0 Å². The SMILES string of the molecule is CCOC(=O)[C@@H]1CCC2=C3N(Cc4ccccc4)C(=O)N(Cc4ccccc4)C(=O)N3[C@H](Cc3ccccc3)C(=O)N21. The van der Waals surface area contributed by atoms with Crippen LogP contribution in [-0.2, 0) is 33.8 Å². The van der Waals surface area contributed by atoms with Gasteiger partial charge >= 0.3 is 18.0 Å². The number of hydrogen-bond acceptors (Lipinski definition) is 5. The second-order valence-electron chi connectivity index (χ2n) is 10.6. The van der Waals surface area contributed by atoms with Crippen molar-refractivity contribution in [3.63, 3.8) is 0 Å². The van der Waals surface area contributed by atoms with Crippen molar-refractivity contribution in [1.29, 1.82) is 0 Å². The smallest absolute Gasteiger partial charge is 0.334 e. The lowest BCUT2D eigenvalue weighted by Gasteiger charge is -2.50. The molecular formula is C33H32N4O5. The first kappa shape index (κ1) is 27.3. The van der Waals surface area contributed by atoms with Crippen LogP contribution >= 0.6 is 0 Å². The van der Waals surface area contributed by atoms with Crippen molar-refractivity contribution in [2.45, 2.75) is 51.4 Å². The van der Waals surface area contributed by atoms with Gasteiger partial charge in [0.2, 0.25) is 0 Å². The molecule has 2 saturated heterocycles. The molecule has 6 rings (SSSR count). The summed E-state index contributed by atoms with van der Waals surface area (Å²) in [5.74, 6) is -0.470. The molecule has 0 bridgehead atoms. The van der Waals surface area contributed by atoms with Crippen molar-refractivity contribution < 1.29 is 23.9 Å². The van der Waals surface area contributed by atoms with Gasteiger partial charge in [0, 0.05) is 6.42 Å². The van der Waals surface area contributed by atoms with E-state index in [1.54, 1.807) is 11.8 Å². The second kappa shape index (κ2) is 11.5. The highest BCUT2D eigenvalue weighted by Crippen LogP contribution is 2.42. The molecule has 0 unspecified atom stereocenters. The van der Waals surface area contributed by atoms with E-state index in [0.29, 0.717) is 24.4 Å². The Morgan fingerprint density at radius 1 is 0.738 bits per heavy atom. The summed E-state index contributed by atoms with van der Waals surface area (Å²) in [6.07, 6.45) is 0.926. The van der Waals surface area contributed by atoms with Crippen LogP contribution in [0.1, 0.15) is 36.5 Å². The molecule has 0 aliphatic carbocycles. The molecule has 0 spiro atoms. The maximum atomic E-state index is 14.3. The summed E-state index contributed by atoms with van der Waals surface area (Å²) >= 11 is 0. The molecule has 2 fully saturated rings. The van der Waals surface area contributed by atoms with Gasteiger partial charge in [0.15, 0.2) is 0 Å². The number of carbonyl (C=O) groups is 4. The lowest BCUT2D eigenvalue weighted by atomic mass is 9.99. The monoisotopic (exact) mass is 564 g/mol. The zero-order valence-corrected chi connectivity index (χ0v) is 23.4. The summed E-state index contributed by atoms with van der Waals surface area (Å²) in [4.78, 5) is 61.7. The Morgan fingerprint density at radius 3 is 1.86 bits per heavy atom. The molecule has 9 heteroatoms. The molecule has 214 valence electrons. The third kappa shape index (κ3) is 4.91. The first-order chi connectivity index (χ1) is 20.5. The van der Waals surface area contributed by atoms with Crippen molar-refractivity contribution in [2.24, 2.45) is 0 Å². The fourth-order valence-corrected chi connectivity index (χ4v) is 6.02. The third-order valence-corrected chi connectivity index (χ3v) is 7.93. The van der Waals surface area contributed by atoms with Crippen LogP contribution in [0.25, 0.3) is 0 Å². The lowest BCUT2D eigenvalue weighted by Crippen LogP contribution is -2.67. The van der Waals surface area contributed by atoms with Gasteiger partial charge < -0.3 is 4.74 Å². The van der Waals surface area contributed by atoms with Crippen LogP contribution in [0.2, 0.25) is 0 Å². The number of hydrogen-bond donors (Lipinski definition) is 0. The van der Waals surface area contributed by atoms with Gasteiger partial charge in [-0.3, -0.25) is 19.5 Å². The Bertz CT molecular complexity index is 1530. The highest BCUT2D eigenvalue weighted by Gasteiger charge is 2.55. The molecule has 0 aromatic heterocycles. The standard InChI is InChI=1S/C33H32N4O5/c1-2-42-31(39)27-19-18-26-29-34(21-24-14-8-4-9-15-24)32(40)35(22-25-16-10-5-11-17-25)33(41)37(29)28(30(38)36(26)27)20-23-12-6-3-7-13-23/h3-17,27-28H,2,18-22H2,1H3/t27-,28+/m0/s1. The van der Waals surface area contributed by atoms with Gasteiger partial charge in [0.1, 0.15) is 17.9 Å². The number of urea groups is 2. The van der Waals surface area contributed by atoms with E-state index < -0.39 is 30.1 Å². The molecule has 3 aromatic rings. The molecule has 3 aromatic carbocycles. The minimum absolute atomic E-state index is 0.0598. The van der Waals surface area contributed by atoms with Crippen LogP contribution < -0.4 is 0 Å². The zero-order valence-electron chi connectivity index (χ0n) is 23.4. The van der Waals surface area contributed by atoms with E-state index in [1.807, 2.05) is 91.0 Å². The summed E-state index contributed by atoms with van der Waals surface area (Å²) in [6.45, 7) is 2.17. The van der Waals surface area contributed by atoms with Crippen LogP contribution in [0.3, 0.4) is 0 Å². The molecule has 5 amide bonds. The number of carbonyl (C=O) groups excluding carboxylic acids is 4. The summed E-state index contributed by atoms with van der Waals surface area (Å²) in [5.41, 5.74) is 3.03. The largest absolute Gasteiger partial charge is 0.464 e. The number of allylic oxidation sites excluding steroid dienone is 1. The molecule has 0 radical (unpaired) electrons. The van der Waals surface area contributed by atoms with E-state index in [2.05, 4.69) is 0 Å². The van der Waals surface area contributed by atoms with Crippen molar-refractivity contribution in [1.82, 2.24) is 19.6 Å². The number of amides is 5. The third-order valence-electron chi connectivity index (χ3n) is 7.93. The highest BCUT2D eigenvalue weighted by molar-refractivity contribution is 6.03. The lowest BCUT2D eigenvalue weighted by molar-refractivity contribution is -0.154. The van der Waals surface area contributed by atoms with E-state index in [9.17, 15) is 19.2 Å². The van der Waals surface area contributed by atoms with E-state index in [-0.39, 0.29) is 32.0 Å². The number of ether oxygens (including phenoxy) is 1. The zero-order chi connectivity index (χ0) is 29.2. The Labute approximate surface area is 244 Å². The fourth-order valence-electron chi connectivity index (χ4n) is 6.02. The van der Waals surface area contributed by atoms with Crippen molar-refractivity contribution >= 4 is 23.9 Å². The normalized spacial score (nSPS) is 20.2. The van der Waals surface area contributed by atoms with Crippen LogP contribution in [0, 0.1) is 0 Å². The van der Waals surface area contributed by atoms with Gasteiger partial charge in [-0.15, -0.1) is 0 Å². The second-order valence-corrected chi connectivity index (χ2v) is 10.6. The Kier molecular flexibility index (Phi) is 7.48. The molecular weight excluding hydrogens is 532 g/mol. The predicted octanol–water partition coefficient (Wildman–Crippen LogP) is 4.89. The van der Waals surface area contributed by atoms with E-state index >= 15 is 0 Å². The molecule has 0 saturated carbocycles. The summed E-state index contributed by atoms with van der Waals surface area (Å²) in [5, 5.41) is 0. The van der Waals surface area contributed by atoms with Crippen molar-refractivity contribution in [3.8, 4) is 0 Å². The van der Waals surface area contributed by atoms with Gasteiger partial charge in [-0.25, -0.2) is 19.3 Å². The molecule has 42 heavy (non-hydrogen) atoms. The number of nitrogens with zero attached hydrogens (tertiary/aromatic N) is 4. The number of fused-ring (bicyclic) bond motifs is 2. The van der Waals surface area contributed by atoms with Crippen LogP contribution in [-0.4, -0.2) is 62.2 Å². The first-order valence-electron chi connectivity index (χ1n) is 14.2. The minimum Gasteiger partial charge on any atom is -0.464 e. The van der Waals surface area contributed by atoms with E-state index in [4.69, 9.17) is 4.74 Å². The van der Waals surface area contributed by atoms with Crippen LogP contribution in [0.5, 0.6) is 0 Å². The average Bonchev–Trinajstić information content (AvgIpc) is 3.46. The first-order valence-corrected chi connectivity index (χ1v) is 14.2. The quantitative estimate of drug-likeness (QED) is 0.363. The topological polar surface area (TPSA) is 90.5 Å². The Hall–Kier alpha value is -4.92. The molecule has 9 nitrogen and oxygen atoms in total. The predicted molar refractivity (Wildman–Crippen MR) is 154 cm³/mol.